The molecule has 37 heavy (non-hydrogen) atoms. The number of benzene rings is 3. The van der Waals surface area contributed by atoms with E-state index in [0.717, 1.165) is 22.4 Å². The fraction of sp³-hybridized carbons (Fsp3) is 0.179. The van der Waals surface area contributed by atoms with Crippen LogP contribution >= 0.6 is 27.5 Å². The zero-order valence-corrected chi connectivity index (χ0v) is 22.6. The Hall–Kier alpha value is -3.62. The van der Waals surface area contributed by atoms with Gasteiger partial charge in [0.05, 0.1) is 12.3 Å². The van der Waals surface area contributed by atoms with Crippen molar-refractivity contribution in [2.45, 2.75) is 26.9 Å². The van der Waals surface area contributed by atoms with Gasteiger partial charge in [-0.05, 0) is 72.5 Å². The van der Waals surface area contributed by atoms with Gasteiger partial charge in [0.1, 0.15) is 12.2 Å². The van der Waals surface area contributed by atoms with E-state index in [0.29, 0.717) is 45.5 Å². The fourth-order valence-corrected chi connectivity index (χ4v) is 4.28. The van der Waals surface area contributed by atoms with Gasteiger partial charge in [-0.25, -0.2) is 9.69 Å². The van der Waals surface area contributed by atoms with Crippen LogP contribution in [-0.4, -0.2) is 24.5 Å². The number of nitrogens with one attached hydrogen (secondary N) is 1. The number of barbiturate groups is 1. The lowest BCUT2D eigenvalue weighted by molar-refractivity contribution is -0.122. The van der Waals surface area contributed by atoms with Gasteiger partial charge in [-0.15, -0.1) is 0 Å². The van der Waals surface area contributed by atoms with Gasteiger partial charge in [0, 0.05) is 9.50 Å². The van der Waals surface area contributed by atoms with Crippen LogP contribution in [0.4, 0.5) is 10.5 Å². The molecule has 3 aromatic carbocycles. The number of carbonyl (C=O) groups excluding carboxylic acids is 3. The number of rotatable bonds is 8. The van der Waals surface area contributed by atoms with Crippen LogP contribution in [0.5, 0.6) is 11.5 Å². The highest BCUT2D eigenvalue weighted by atomic mass is 79.9. The van der Waals surface area contributed by atoms with Crippen LogP contribution in [0.15, 0.2) is 70.7 Å². The Bertz CT molecular complexity index is 1370. The number of aryl methyl sites for hydroxylation is 1. The van der Waals surface area contributed by atoms with Crippen molar-refractivity contribution >= 4 is 57.1 Å². The first kappa shape index (κ1) is 26.4. The normalized spacial score (nSPS) is 14.6. The molecule has 1 saturated heterocycles. The molecule has 4 rings (SSSR count). The average molecular weight is 584 g/mol. The Morgan fingerprint density at radius 3 is 2.22 bits per heavy atom. The van der Waals surface area contributed by atoms with E-state index in [1.807, 2.05) is 38.1 Å². The molecule has 0 bridgehead atoms. The molecule has 0 aliphatic carbocycles. The molecule has 0 atom stereocenters. The summed E-state index contributed by atoms with van der Waals surface area (Å²) in [6.45, 7) is 4.52. The van der Waals surface area contributed by atoms with E-state index in [-0.39, 0.29) is 5.57 Å². The quantitative estimate of drug-likeness (QED) is 0.248. The second-order valence-corrected chi connectivity index (χ2v) is 9.44. The van der Waals surface area contributed by atoms with Crippen molar-refractivity contribution in [1.82, 2.24) is 5.32 Å². The summed E-state index contributed by atoms with van der Waals surface area (Å²) in [4.78, 5) is 39.4. The molecular formula is C28H24BrClN2O5. The zero-order valence-electron chi connectivity index (χ0n) is 20.2. The third kappa shape index (κ3) is 6.03. The number of carbonyl (C=O) groups is 3. The molecule has 0 aromatic heterocycles. The minimum Gasteiger partial charge on any atom is -0.490 e. The largest absolute Gasteiger partial charge is 0.490 e. The Labute approximate surface area is 228 Å². The van der Waals surface area contributed by atoms with E-state index >= 15 is 0 Å². The van der Waals surface area contributed by atoms with E-state index < -0.39 is 17.8 Å². The summed E-state index contributed by atoms with van der Waals surface area (Å²) < 4.78 is 12.3. The van der Waals surface area contributed by atoms with Gasteiger partial charge < -0.3 is 9.47 Å². The van der Waals surface area contributed by atoms with Gasteiger partial charge in [0.25, 0.3) is 11.8 Å². The number of anilines is 1. The molecule has 190 valence electrons. The lowest BCUT2D eigenvalue weighted by atomic mass is 10.1. The summed E-state index contributed by atoms with van der Waals surface area (Å²) in [6, 6.07) is 16.9. The minimum atomic E-state index is -0.795. The summed E-state index contributed by atoms with van der Waals surface area (Å²) in [7, 11) is 0. The van der Waals surface area contributed by atoms with Crippen molar-refractivity contribution in [2.75, 3.05) is 11.5 Å². The van der Waals surface area contributed by atoms with Crippen LogP contribution < -0.4 is 19.7 Å². The Balaban J connectivity index is 1.64. The molecule has 7 nitrogen and oxygen atoms in total. The molecular weight excluding hydrogens is 560 g/mol. The first-order chi connectivity index (χ1) is 17.8. The molecule has 9 heteroatoms. The second-order valence-electron chi connectivity index (χ2n) is 8.15. The molecule has 0 unspecified atom stereocenters. The summed E-state index contributed by atoms with van der Waals surface area (Å²) in [6.07, 6.45) is 2.24. The number of nitrogens with zero attached hydrogens (tertiary/aromatic N) is 1. The fourth-order valence-electron chi connectivity index (χ4n) is 3.71. The molecule has 0 saturated carbocycles. The van der Waals surface area contributed by atoms with E-state index in [9.17, 15) is 14.4 Å². The maximum Gasteiger partial charge on any atom is 0.335 e. The summed E-state index contributed by atoms with van der Waals surface area (Å²) in [5.74, 6) is -0.563. The Kier molecular flexibility index (Phi) is 8.31. The topological polar surface area (TPSA) is 84.9 Å². The first-order valence-electron chi connectivity index (χ1n) is 11.6. The molecule has 4 amide bonds. The van der Waals surface area contributed by atoms with Crippen LogP contribution in [0.3, 0.4) is 0 Å². The van der Waals surface area contributed by atoms with E-state index in [4.69, 9.17) is 21.1 Å². The minimum absolute atomic E-state index is 0.183. The summed E-state index contributed by atoms with van der Waals surface area (Å²) >= 11 is 9.45. The number of amides is 4. The zero-order chi connectivity index (χ0) is 26.5. The molecule has 1 aliphatic heterocycles. The predicted molar refractivity (Wildman–Crippen MR) is 146 cm³/mol. The lowest BCUT2D eigenvalue weighted by Gasteiger charge is -2.26. The molecule has 0 radical (unpaired) electrons. The Morgan fingerprint density at radius 2 is 1.57 bits per heavy atom. The van der Waals surface area contributed by atoms with E-state index in [2.05, 4.69) is 21.2 Å². The van der Waals surface area contributed by atoms with Crippen molar-refractivity contribution in [3.8, 4) is 11.5 Å². The van der Waals surface area contributed by atoms with Crippen molar-refractivity contribution in [3.63, 3.8) is 0 Å². The van der Waals surface area contributed by atoms with Crippen molar-refractivity contribution < 1.29 is 23.9 Å². The van der Waals surface area contributed by atoms with E-state index in [1.165, 1.54) is 6.08 Å². The highest BCUT2D eigenvalue weighted by molar-refractivity contribution is 9.10. The predicted octanol–water partition coefficient (Wildman–Crippen LogP) is 6.31. The number of hydrogen-bond acceptors (Lipinski definition) is 5. The number of halogens is 2. The second kappa shape index (κ2) is 11.6. The number of urea groups is 1. The van der Waals surface area contributed by atoms with Gasteiger partial charge in [0.2, 0.25) is 0 Å². The first-order valence-corrected chi connectivity index (χ1v) is 12.8. The maximum absolute atomic E-state index is 13.3. The highest BCUT2D eigenvalue weighted by Gasteiger charge is 2.37. The third-order valence-corrected chi connectivity index (χ3v) is 6.61. The standard InChI is InChI=1S/C28H24BrClN2O5/c1-3-17-7-11-21(12-8-17)32-27(34)22(26(33)31-28(32)35)13-19-14-24(36-4-2)25(15-23(19)29)37-16-18-5-9-20(30)10-6-18/h5-15H,3-4,16H2,1-2H3,(H,31,33,35)/b22-13-. The Morgan fingerprint density at radius 1 is 0.919 bits per heavy atom. The van der Waals surface area contributed by atoms with Crippen LogP contribution in [0, 0.1) is 0 Å². The molecule has 1 fully saturated rings. The van der Waals surface area contributed by atoms with Crippen LogP contribution in [0.1, 0.15) is 30.5 Å². The summed E-state index contributed by atoms with van der Waals surface area (Å²) in [5, 5.41) is 2.89. The maximum atomic E-state index is 13.3. The molecule has 3 aromatic rings. The van der Waals surface area contributed by atoms with Crippen molar-refractivity contribution in [3.05, 3.63) is 92.4 Å². The smallest absolute Gasteiger partial charge is 0.335 e. The van der Waals surface area contributed by atoms with Crippen molar-refractivity contribution in [1.29, 1.82) is 0 Å². The lowest BCUT2D eigenvalue weighted by Crippen LogP contribution is -2.54. The third-order valence-electron chi connectivity index (χ3n) is 5.67. The number of imide groups is 2. The number of ether oxygens (including phenoxy) is 2. The number of hydrogen-bond donors (Lipinski definition) is 1. The van der Waals surface area contributed by atoms with Crippen LogP contribution in [0.2, 0.25) is 5.02 Å². The average Bonchev–Trinajstić information content (AvgIpc) is 2.88. The van der Waals surface area contributed by atoms with Gasteiger partial charge >= 0.3 is 6.03 Å². The van der Waals surface area contributed by atoms with Crippen molar-refractivity contribution in [2.24, 2.45) is 0 Å². The SMILES string of the molecule is CCOc1cc(/C=C2/C(=O)NC(=O)N(c3ccc(CC)cc3)C2=O)c(Br)cc1OCc1ccc(Cl)cc1. The molecule has 0 spiro atoms. The highest BCUT2D eigenvalue weighted by Crippen LogP contribution is 2.36. The summed E-state index contributed by atoms with van der Waals surface area (Å²) in [5.41, 5.74) is 2.69. The van der Waals surface area contributed by atoms with Crippen LogP contribution in [-0.2, 0) is 22.6 Å². The van der Waals surface area contributed by atoms with Gasteiger partial charge in [0.15, 0.2) is 11.5 Å². The molecule has 1 N–H and O–H groups in total. The molecule has 1 heterocycles. The van der Waals surface area contributed by atoms with Gasteiger partial charge in [-0.1, -0.05) is 58.7 Å². The van der Waals surface area contributed by atoms with Gasteiger partial charge in [-0.2, -0.15) is 0 Å². The van der Waals surface area contributed by atoms with E-state index in [1.54, 1.807) is 36.4 Å². The van der Waals surface area contributed by atoms with Gasteiger partial charge in [-0.3, -0.25) is 14.9 Å². The van der Waals surface area contributed by atoms with Crippen LogP contribution in [0.25, 0.3) is 6.08 Å². The molecule has 1 aliphatic rings. The monoisotopic (exact) mass is 582 g/mol.